The highest BCUT2D eigenvalue weighted by molar-refractivity contribution is 9.10. The number of nitrogens with two attached hydrogens (primary N) is 1. The third kappa shape index (κ3) is 4.71. The predicted molar refractivity (Wildman–Crippen MR) is 116 cm³/mol. The molecule has 0 amide bonds. The van der Waals surface area contributed by atoms with Gasteiger partial charge in [-0.1, -0.05) is 30.3 Å². The molecule has 1 aromatic carbocycles. The first kappa shape index (κ1) is 19.3. The third-order valence-corrected chi connectivity index (χ3v) is 5.22. The summed E-state index contributed by atoms with van der Waals surface area (Å²) >= 11 is 3.52. The van der Waals surface area contributed by atoms with Gasteiger partial charge >= 0.3 is 6.01 Å². The molecule has 0 aliphatic rings. The second-order valence-corrected chi connectivity index (χ2v) is 7.35. The van der Waals surface area contributed by atoms with Crippen LogP contribution in [0.15, 0.2) is 59.6 Å². The number of nitrogens with zero attached hydrogens (tertiary/aromatic N) is 5. The molecule has 0 atom stereocenters. The summed E-state index contributed by atoms with van der Waals surface area (Å²) in [7, 11) is 0. The Morgan fingerprint density at radius 3 is 2.48 bits per heavy atom. The Bertz CT molecular complexity index is 1080. The number of anilines is 1. The molecule has 3 heterocycles. The van der Waals surface area contributed by atoms with Crippen LogP contribution in [-0.2, 0) is 19.4 Å². The summed E-state index contributed by atoms with van der Waals surface area (Å²) in [6, 6.07) is 14.5. The molecule has 0 spiro atoms. The summed E-state index contributed by atoms with van der Waals surface area (Å²) in [5.74, 6) is 0.318. The van der Waals surface area contributed by atoms with Crippen LogP contribution in [0.25, 0.3) is 11.2 Å². The van der Waals surface area contributed by atoms with E-state index in [9.17, 15) is 0 Å². The van der Waals surface area contributed by atoms with Gasteiger partial charge in [-0.15, -0.1) is 0 Å². The normalized spacial score (nSPS) is 11.1. The maximum absolute atomic E-state index is 6.11. The van der Waals surface area contributed by atoms with E-state index < -0.39 is 0 Å². The lowest BCUT2D eigenvalue weighted by Crippen LogP contribution is -2.07. The van der Waals surface area contributed by atoms with Gasteiger partial charge in [0.15, 0.2) is 21.7 Å². The van der Waals surface area contributed by atoms with Crippen molar-refractivity contribution in [3.63, 3.8) is 0 Å². The van der Waals surface area contributed by atoms with E-state index in [1.165, 1.54) is 11.1 Å². The molecule has 0 fully saturated rings. The fourth-order valence-corrected chi connectivity index (χ4v) is 3.66. The van der Waals surface area contributed by atoms with Crippen molar-refractivity contribution in [2.24, 2.45) is 0 Å². The third-order valence-electron chi connectivity index (χ3n) is 4.62. The van der Waals surface area contributed by atoms with Gasteiger partial charge in [-0.25, -0.2) is 4.98 Å². The smallest absolute Gasteiger partial charge is 0.320 e. The molecule has 8 heteroatoms. The number of hydrogen-bond acceptors (Lipinski definition) is 6. The Labute approximate surface area is 177 Å². The molecule has 2 N–H and O–H groups in total. The van der Waals surface area contributed by atoms with Crippen LogP contribution in [-0.4, -0.2) is 31.1 Å². The van der Waals surface area contributed by atoms with Crippen LogP contribution in [0.1, 0.15) is 17.5 Å². The molecular weight excluding hydrogens is 432 g/mol. The maximum atomic E-state index is 6.11. The minimum absolute atomic E-state index is 0.272. The number of ether oxygens (including phenoxy) is 1. The Morgan fingerprint density at radius 1 is 0.931 bits per heavy atom. The van der Waals surface area contributed by atoms with Crippen LogP contribution in [0.5, 0.6) is 6.01 Å². The highest BCUT2D eigenvalue weighted by Crippen LogP contribution is 2.25. The molecule has 7 nitrogen and oxygen atoms in total. The van der Waals surface area contributed by atoms with Crippen molar-refractivity contribution in [3.8, 4) is 6.01 Å². The van der Waals surface area contributed by atoms with E-state index in [0.29, 0.717) is 28.3 Å². The van der Waals surface area contributed by atoms with Crippen LogP contribution in [0, 0.1) is 0 Å². The lowest BCUT2D eigenvalue weighted by molar-refractivity contribution is 0.297. The summed E-state index contributed by atoms with van der Waals surface area (Å²) < 4.78 is 8.45. The van der Waals surface area contributed by atoms with Crippen molar-refractivity contribution in [2.45, 2.75) is 25.8 Å². The monoisotopic (exact) mass is 452 g/mol. The van der Waals surface area contributed by atoms with Crippen LogP contribution in [0.4, 0.5) is 5.82 Å². The van der Waals surface area contributed by atoms with Crippen LogP contribution < -0.4 is 10.5 Å². The summed E-state index contributed by atoms with van der Waals surface area (Å²) in [5, 5.41) is 0. The van der Waals surface area contributed by atoms with Gasteiger partial charge in [0.2, 0.25) is 0 Å². The summed E-state index contributed by atoms with van der Waals surface area (Å²) in [6.07, 6.45) is 6.27. The van der Waals surface area contributed by atoms with Gasteiger partial charge in [0.25, 0.3) is 0 Å². The zero-order chi connectivity index (χ0) is 20.1. The molecule has 0 bridgehead atoms. The molecule has 4 rings (SSSR count). The second kappa shape index (κ2) is 9.00. The van der Waals surface area contributed by atoms with E-state index >= 15 is 0 Å². The number of hydrogen-bond donors (Lipinski definition) is 1. The highest BCUT2D eigenvalue weighted by atomic mass is 79.9. The largest absolute Gasteiger partial charge is 0.463 e. The van der Waals surface area contributed by atoms with E-state index in [1.54, 1.807) is 0 Å². The van der Waals surface area contributed by atoms with Gasteiger partial charge in [-0.05, 0) is 52.0 Å². The average molecular weight is 453 g/mol. The van der Waals surface area contributed by atoms with E-state index in [1.807, 2.05) is 47.3 Å². The number of imidazole rings is 1. The van der Waals surface area contributed by atoms with Crippen molar-refractivity contribution in [2.75, 3.05) is 12.3 Å². The van der Waals surface area contributed by atoms with E-state index in [2.05, 4.69) is 48.0 Å². The van der Waals surface area contributed by atoms with Crippen molar-refractivity contribution in [3.05, 3.63) is 70.7 Å². The van der Waals surface area contributed by atoms with Crippen LogP contribution in [0.3, 0.4) is 0 Å². The molecule has 0 aliphatic heterocycles. The summed E-state index contributed by atoms with van der Waals surface area (Å²) in [5.41, 5.74) is 9.81. The average Bonchev–Trinajstić information content (AvgIpc) is 3.06. The zero-order valence-electron chi connectivity index (χ0n) is 15.8. The van der Waals surface area contributed by atoms with Gasteiger partial charge in [0, 0.05) is 25.4 Å². The predicted octanol–water partition coefficient (Wildman–Crippen LogP) is 3.82. The lowest BCUT2D eigenvalue weighted by Gasteiger charge is -2.08. The zero-order valence-corrected chi connectivity index (χ0v) is 17.4. The first-order valence-corrected chi connectivity index (χ1v) is 10.2. The van der Waals surface area contributed by atoms with Gasteiger partial charge in [0.05, 0.1) is 6.61 Å². The summed E-state index contributed by atoms with van der Waals surface area (Å²) in [6.45, 7) is 1.23. The van der Waals surface area contributed by atoms with Gasteiger partial charge in [0.1, 0.15) is 0 Å². The maximum Gasteiger partial charge on any atom is 0.320 e. The van der Waals surface area contributed by atoms with Crippen LogP contribution in [0.2, 0.25) is 0 Å². The Kier molecular flexibility index (Phi) is 6.00. The standard InChI is InChI=1S/C21H21BrN6O/c22-20-25-17-18(23)26-21(29-14-10-15-5-2-1-3-6-15)27-19(17)28(20)13-4-7-16-8-11-24-12-9-16/h1-3,5-6,8-9,11-12H,4,7,10,13-14H2,(H2,23,26,27). The Hall–Kier alpha value is -3.00. The molecule has 0 unspecified atom stereocenters. The van der Waals surface area contributed by atoms with E-state index in [0.717, 1.165) is 25.8 Å². The lowest BCUT2D eigenvalue weighted by atomic mass is 10.1. The molecule has 0 aliphatic carbocycles. The van der Waals surface area contributed by atoms with Crippen molar-refractivity contribution >= 4 is 32.9 Å². The number of halogens is 1. The highest BCUT2D eigenvalue weighted by Gasteiger charge is 2.16. The van der Waals surface area contributed by atoms with Crippen molar-refractivity contribution in [1.29, 1.82) is 0 Å². The number of aryl methyl sites for hydroxylation is 2. The molecule has 0 saturated heterocycles. The Balaban J connectivity index is 1.47. The molecule has 29 heavy (non-hydrogen) atoms. The quantitative estimate of drug-likeness (QED) is 0.408. The first-order valence-electron chi connectivity index (χ1n) is 9.45. The van der Waals surface area contributed by atoms with Gasteiger partial charge in [-0.2, -0.15) is 9.97 Å². The van der Waals surface area contributed by atoms with Crippen molar-refractivity contribution < 1.29 is 4.74 Å². The molecule has 0 radical (unpaired) electrons. The number of nitrogen functional groups attached to an aromatic ring is 1. The molecule has 0 saturated carbocycles. The number of rotatable bonds is 8. The van der Waals surface area contributed by atoms with Gasteiger partial charge < -0.3 is 15.0 Å². The minimum atomic E-state index is 0.272. The molecule has 148 valence electrons. The number of pyridine rings is 1. The fraction of sp³-hybridized carbons (Fsp3) is 0.238. The van der Waals surface area contributed by atoms with Crippen LogP contribution >= 0.6 is 15.9 Å². The van der Waals surface area contributed by atoms with Crippen molar-refractivity contribution in [1.82, 2.24) is 24.5 Å². The topological polar surface area (TPSA) is 91.7 Å². The number of fused-ring (bicyclic) bond motifs is 1. The van der Waals surface area contributed by atoms with E-state index in [-0.39, 0.29) is 6.01 Å². The molecular formula is C21H21BrN6O. The second-order valence-electron chi connectivity index (χ2n) is 6.64. The van der Waals surface area contributed by atoms with E-state index in [4.69, 9.17) is 10.5 Å². The fourth-order valence-electron chi connectivity index (χ4n) is 3.13. The number of benzene rings is 1. The minimum Gasteiger partial charge on any atom is -0.463 e. The molecule has 3 aromatic heterocycles. The SMILES string of the molecule is Nc1nc(OCCc2ccccc2)nc2c1nc(Br)n2CCCc1ccncc1. The first-order chi connectivity index (χ1) is 14.2. The Morgan fingerprint density at radius 2 is 1.69 bits per heavy atom. The van der Waals surface area contributed by atoms with Gasteiger partial charge in [-0.3, -0.25) is 4.98 Å². The molecule has 4 aromatic rings. The number of aromatic nitrogens is 5. The summed E-state index contributed by atoms with van der Waals surface area (Å²) in [4.78, 5) is 17.3.